The lowest BCUT2D eigenvalue weighted by atomic mass is 10.2. The number of carbonyl (C=O) groups excluding carboxylic acids is 3. The molecule has 1 N–H and O–H groups in total. The van der Waals surface area contributed by atoms with Gasteiger partial charge in [0, 0.05) is 31.9 Å². The van der Waals surface area contributed by atoms with E-state index in [1.807, 2.05) is 6.07 Å². The van der Waals surface area contributed by atoms with Crippen LogP contribution in [0.2, 0.25) is 0 Å². The largest absolute Gasteiger partial charge is 0.453 e. The highest BCUT2D eigenvalue weighted by Crippen LogP contribution is 2.17. The first-order chi connectivity index (χ1) is 12.2. The number of benzene rings is 1. The maximum absolute atomic E-state index is 12.2. The highest BCUT2D eigenvalue weighted by atomic mass is 16.6. The Labute approximate surface area is 154 Å². The standard InChI is InChI=1S/C19H27N3O4/c1-14-6-5-7-15(12-14)21-8-10-22(11-9-21)16(23)13-20-17(24)18(25)26-19(2,3)4/h5-7,12H,8-11,13H2,1-4H3,(H,20,24). The number of esters is 1. The van der Waals surface area contributed by atoms with Gasteiger partial charge in [-0.3, -0.25) is 9.59 Å². The second-order valence-corrected chi connectivity index (χ2v) is 7.39. The molecule has 1 saturated heterocycles. The predicted molar refractivity (Wildman–Crippen MR) is 98.8 cm³/mol. The summed E-state index contributed by atoms with van der Waals surface area (Å²) in [5.41, 5.74) is 1.60. The monoisotopic (exact) mass is 361 g/mol. The highest BCUT2D eigenvalue weighted by Gasteiger charge is 2.25. The van der Waals surface area contributed by atoms with Crippen molar-refractivity contribution in [2.24, 2.45) is 0 Å². The predicted octanol–water partition coefficient (Wildman–Crippen LogP) is 1.10. The van der Waals surface area contributed by atoms with Gasteiger partial charge in [-0.05, 0) is 45.4 Å². The Morgan fingerprint density at radius 1 is 1.12 bits per heavy atom. The molecule has 1 aliphatic rings. The second-order valence-electron chi connectivity index (χ2n) is 7.39. The van der Waals surface area contributed by atoms with Crippen molar-refractivity contribution in [1.82, 2.24) is 10.2 Å². The molecule has 0 unspecified atom stereocenters. The molecule has 2 amide bonds. The van der Waals surface area contributed by atoms with Crippen LogP contribution in [0.4, 0.5) is 5.69 Å². The summed E-state index contributed by atoms with van der Waals surface area (Å²) < 4.78 is 4.97. The Balaban J connectivity index is 1.78. The van der Waals surface area contributed by atoms with Gasteiger partial charge < -0.3 is 19.9 Å². The van der Waals surface area contributed by atoms with Crippen LogP contribution in [0, 0.1) is 6.92 Å². The second kappa shape index (κ2) is 8.21. The fourth-order valence-corrected chi connectivity index (χ4v) is 2.70. The first-order valence-corrected chi connectivity index (χ1v) is 8.76. The van der Waals surface area contributed by atoms with E-state index in [2.05, 4.69) is 35.3 Å². The molecular formula is C19H27N3O4. The summed E-state index contributed by atoms with van der Waals surface area (Å²) in [6.07, 6.45) is 0. The first kappa shape index (κ1) is 19.8. The van der Waals surface area contributed by atoms with Crippen molar-refractivity contribution in [3.05, 3.63) is 29.8 Å². The van der Waals surface area contributed by atoms with Crippen LogP contribution in [0.25, 0.3) is 0 Å². The van der Waals surface area contributed by atoms with E-state index in [1.165, 1.54) is 5.56 Å². The number of nitrogens with zero attached hydrogens (tertiary/aromatic N) is 2. The molecular weight excluding hydrogens is 334 g/mol. The molecule has 0 aliphatic carbocycles. The van der Waals surface area contributed by atoms with Crippen molar-refractivity contribution in [3.8, 4) is 0 Å². The molecule has 0 atom stereocenters. The molecule has 7 nitrogen and oxygen atoms in total. The van der Waals surface area contributed by atoms with Gasteiger partial charge in [0.15, 0.2) is 0 Å². The normalized spacial score (nSPS) is 14.8. The van der Waals surface area contributed by atoms with Crippen LogP contribution in [-0.4, -0.2) is 61.0 Å². The minimum atomic E-state index is -0.977. The molecule has 2 rings (SSSR count). The van der Waals surface area contributed by atoms with Gasteiger partial charge in [0.1, 0.15) is 5.60 Å². The van der Waals surface area contributed by atoms with E-state index in [-0.39, 0.29) is 12.5 Å². The number of rotatable bonds is 3. The molecule has 0 bridgehead atoms. The van der Waals surface area contributed by atoms with Crippen LogP contribution in [0.5, 0.6) is 0 Å². The zero-order chi connectivity index (χ0) is 19.3. The van der Waals surface area contributed by atoms with Crippen molar-refractivity contribution >= 4 is 23.5 Å². The zero-order valence-corrected chi connectivity index (χ0v) is 15.9. The fraction of sp³-hybridized carbons (Fsp3) is 0.526. The molecule has 1 aromatic carbocycles. The smallest absolute Gasteiger partial charge is 0.397 e. The molecule has 0 saturated carbocycles. The molecule has 26 heavy (non-hydrogen) atoms. The molecule has 0 aromatic heterocycles. The van der Waals surface area contributed by atoms with Gasteiger partial charge >= 0.3 is 11.9 Å². The molecule has 1 aromatic rings. The summed E-state index contributed by atoms with van der Waals surface area (Å²) in [4.78, 5) is 39.5. The number of anilines is 1. The molecule has 1 fully saturated rings. The van der Waals surface area contributed by atoms with E-state index in [0.717, 1.165) is 18.8 Å². The molecule has 1 aliphatic heterocycles. The van der Waals surface area contributed by atoms with E-state index >= 15 is 0 Å². The van der Waals surface area contributed by atoms with E-state index in [1.54, 1.807) is 25.7 Å². The van der Waals surface area contributed by atoms with Gasteiger partial charge in [0.2, 0.25) is 5.91 Å². The highest BCUT2D eigenvalue weighted by molar-refractivity contribution is 6.32. The Morgan fingerprint density at radius 3 is 2.35 bits per heavy atom. The maximum Gasteiger partial charge on any atom is 0.397 e. The third-order valence-corrected chi connectivity index (χ3v) is 3.98. The minimum Gasteiger partial charge on any atom is -0.453 e. The third-order valence-electron chi connectivity index (χ3n) is 3.98. The number of amides is 2. The summed E-state index contributed by atoms with van der Waals surface area (Å²) in [5.74, 6) is -2.08. The van der Waals surface area contributed by atoms with Crippen LogP contribution in [0.3, 0.4) is 0 Å². The van der Waals surface area contributed by atoms with Crippen LogP contribution in [0.15, 0.2) is 24.3 Å². The fourth-order valence-electron chi connectivity index (χ4n) is 2.70. The Kier molecular flexibility index (Phi) is 6.23. The average Bonchev–Trinajstić information content (AvgIpc) is 2.58. The lowest BCUT2D eigenvalue weighted by Gasteiger charge is -2.36. The number of aryl methyl sites for hydroxylation is 1. The van der Waals surface area contributed by atoms with E-state index in [4.69, 9.17) is 4.74 Å². The lowest BCUT2D eigenvalue weighted by molar-refractivity contribution is -0.163. The summed E-state index contributed by atoms with van der Waals surface area (Å²) >= 11 is 0. The zero-order valence-electron chi connectivity index (χ0n) is 15.9. The van der Waals surface area contributed by atoms with Crippen molar-refractivity contribution in [2.45, 2.75) is 33.3 Å². The van der Waals surface area contributed by atoms with Crippen LogP contribution in [0.1, 0.15) is 26.3 Å². The lowest BCUT2D eigenvalue weighted by Crippen LogP contribution is -2.51. The minimum absolute atomic E-state index is 0.203. The SMILES string of the molecule is Cc1cccc(N2CCN(C(=O)CNC(=O)C(=O)OC(C)(C)C)CC2)c1. The van der Waals surface area contributed by atoms with Gasteiger partial charge in [0.05, 0.1) is 6.54 Å². The molecule has 0 spiro atoms. The van der Waals surface area contributed by atoms with E-state index < -0.39 is 17.5 Å². The number of hydrogen-bond donors (Lipinski definition) is 1. The number of piperazine rings is 1. The quantitative estimate of drug-likeness (QED) is 0.644. The Morgan fingerprint density at radius 2 is 1.77 bits per heavy atom. The van der Waals surface area contributed by atoms with Crippen molar-refractivity contribution in [1.29, 1.82) is 0 Å². The number of ether oxygens (including phenoxy) is 1. The summed E-state index contributed by atoms with van der Waals surface area (Å²) in [6.45, 7) is 9.50. The number of nitrogens with one attached hydrogen (secondary N) is 1. The van der Waals surface area contributed by atoms with Crippen LogP contribution >= 0.6 is 0 Å². The molecule has 7 heteroatoms. The van der Waals surface area contributed by atoms with Crippen LogP contribution in [-0.2, 0) is 19.1 Å². The number of hydrogen-bond acceptors (Lipinski definition) is 5. The van der Waals surface area contributed by atoms with Crippen molar-refractivity contribution < 1.29 is 19.1 Å². The summed E-state index contributed by atoms with van der Waals surface area (Å²) in [5, 5.41) is 2.33. The first-order valence-electron chi connectivity index (χ1n) is 8.76. The van der Waals surface area contributed by atoms with Gasteiger partial charge in [0.25, 0.3) is 0 Å². The summed E-state index contributed by atoms with van der Waals surface area (Å²) in [7, 11) is 0. The topological polar surface area (TPSA) is 79.0 Å². The van der Waals surface area contributed by atoms with Gasteiger partial charge in [-0.2, -0.15) is 0 Å². The van der Waals surface area contributed by atoms with E-state index in [9.17, 15) is 14.4 Å². The third kappa shape index (κ3) is 5.75. The van der Waals surface area contributed by atoms with E-state index in [0.29, 0.717) is 13.1 Å². The Hall–Kier alpha value is -2.57. The van der Waals surface area contributed by atoms with Crippen LogP contribution < -0.4 is 10.2 Å². The maximum atomic E-state index is 12.2. The molecule has 0 radical (unpaired) electrons. The molecule has 142 valence electrons. The number of carbonyl (C=O) groups is 3. The Bertz CT molecular complexity index is 674. The van der Waals surface area contributed by atoms with Crippen molar-refractivity contribution in [3.63, 3.8) is 0 Å². The van der Waals surface area contributed by atoms with Gasteiger partial charge in [-0.15, -0.1) is 0 Å². The van der Waals surface area contributed by atoms with Gasteiger partial charge in [-0.25, -0.2) is 4.79 Å². The molecule has 1 heterocycles. The van der Waals surface area contributed by atoms with Gasteiger partial charge in [-0.1, -0.05) is 12.1 Å². The summed E-state index contributed by atoms with van der Waals surface area (Å²) in [6, 6.07) is 8.26. The van der Waals surface area contributed by atoms with Crippen molar-refractivity contribution in [2.75, 3.05) is 37.6 Å². The average molecular weight is 361 g/mol.